The molecule has 0 aliphatic carbocycles. The summed E-state index contributed by atoms with van der Waals surface area (Å²) in [6.45, 7) is -0.191. The van der Waals surface area contributed by atoms with E-state index in [1.54, 1.807) is 0 Å². The molecule has 29 nitrogen and oxygen atoms in total. The van der Waals surface area contributed by atoms with E-state index in [9.17, 15) is 53.7 Å². The van der Waals surface area contributed by atoms with Crippen LogP contribution in [0.15, 0.2) is 42.6 Å². The number of nitrogens with one attached hydrogen (secondary N) is 10. The number of unbranched alkanes of at least 4 members (excludes halogenated alkanes) is 1. The van der Waals surface area contributed by atoms with E-state index in [1.165, 1.54) is 37.6 Å². The summed E-state index contributed by atoms with van der Waals surface area (Å²) in [6, 6.07) is -10.0. The Morgan fingerprint density at radius 2 is 1.10 bits per heavy atom. The van der Waals surface area contributed by atoms with Crippen molar-refractivity contribution in [3.05, 3.63) is 54.7 Å². The van der Waals surface area contributed by atoms with Gasteiger partial charge < -0.3 is 90.4 Å². The van der Waals surface area contributed by atoms with Gasteiger partial charge in [-0.1, -0.05) is 6.42 Å². The first-order valence-electron chi connectivity index (χ1n) is 21.5. The average Bonchev–Trinajstić information content (AvgIpc) is 4.12. The second-order valence-electron chi connectivity index (χ2n) is 15.5. The molecule has 0 bridgehead atoms. The van der Waals surface area contributed by atoms with E-state index < -0.39 is 109 Å². The number of aliphatic hydroxyl groups excluding tert-OH is 2. The maximum absolute atomic E-state index is 14.0. The average molecular weight is 959 g/mol. The zero-order valence-electron chi connectivity index (χ0n) is 37.3. The van der Waals surface area contributed by atoms with Crippen LogP contribution in [0, 0.1) is 0 Å². The Morgan fingerprint density at radius 1 is 0.647 bits per heavy atom. The molecule has 3 heterocycles. The number of aliphatic carboxylic acids is 1. The number of H-pyrrole nitrogens is 3. The molecule has 0 spiro atoms. The highest BCUT2D eigenvalue weighted by atomic mass is 16.4. The molecular weight excluding hydrogens is 897 g/mol. The van der Waals surface area contributed by atoms with E-state index in [0.717, 1.165) is 6.92 Å². The number of hydrogen-bond donors (Lipinski definition) is 17. The Bertz CT molecular complexity index is 2100. The van der Waals surface area contributed by atoms with Gasteiger partial charge in [-0.15, -0.1) is 0 Å². The summed E-state index contributed by atoms with van der Waals surface area (Å²) in [5.41, 5.74) is 23.7. The fourth-order valence-corrected chi connectivity index (χ4v) is 6.35. The summed E-state index contributed by atoms with van der Waals surface area (Å²) in [5, 5.41) is 46.4. The molecule has 8 atom stereocenters. The Balaban J connectivity index is 1.82. The molecule has 0 unspecified atom stereocenters. The number of aromatic nitrogens is 6. The quantitative estimate of drug-likeness (QED) is 0.0162. The summed E-state index contributed by atoms with van der Waals surface area (Å²) in [7, 11) is 0. The standard InChI is InChI=1S/C39H62N18O11/c1-20(59)31(38(67)68)57-30(60)15-48-33(62)25(6-4-8-47-39(42)43)52-34(63)27(10-22-13-45-18-50-22)55-37(66)29(16-58)56-36(65)28(11-23-14-46-19-51-23)54-35(64)26(9-21-12-44-17-49-21)53-32(61)24(41)5-2-3-7-40/h12-14,17-20,24-29,31,58-59H,2-11,15-16,40-41H2,1H3,(H,44,49)(H,45,50)(H,46,51)(H,48,62)(H,52,63)(H,53,61)(H,54,64)(H,55,66)(H,56,65)(H,57,60)(H,67,68)(H4,42,43,47)/t20-,24+,25+,26+,27+,28+,29+,31+/m1/s1. The normalized spacial score (nSPS) is 14.5. The summed E-state index contributed by atoms with van der Waals surface area (Å²) in [6.07, 6.45) is 7.67. The van der Waals surface area contributed by atoms with Crippen molar-refractivity contribution in [1.82, 2.24) is 67.1 Å². The molecule has 3 aromatic heterocycles. The lowest BCUT2D eigenvalue weighted by Crippen LogP contribution is -2.61. The number of amides is 7. The Labute approximate surface area is 389 Å². The minimum absolute atomic E-state index is 0.0223. The maximum atomic E-state index is 14.0. The Kier molecular flexibility index (Phi) is 23.0. The molecular formula is C39H62N18O11. The van der Waals surface area contributed by atoms with Gasteiger partial charge in [0.15, 0.2) is 12.0 Å². The van der Waals surface area contributed by atoms with Crippen molar-refractivity contribution in [3.8, 4) is 0 Å². The van der Waals surface area contributed by atoms with Crippen molar-refractivity contribution in [3.63, 3.8) is 0 Å². The second kappa shape index (κ2) is 28.5. The molecule has 68 heavy (non-hydrogen) atoms. The molecule has 0 radical (unpaired) electrons. The van der Waals surface area contributed by atoms with Crippen LogP contribution in [0.25, 0.3) is 0 Å². The van der Waals surface area contributed by atoms with E-state index in [4.69, 9.17) is 22.9 Å². The van der Waals surface area contributed by atoms with Gasteiger partial charge in [0.05, 0.1) is 44.3 Å². The molecule has 0 aromatic carbocycles. The first-order chi connectivity index (χ1) is 32.4. The minimum atomic E-state index is -1.73. The van der Waals surface area contributed by atoms with E-state index in [-0.39, 0.29) is 44.6 Å². The van der Waals surface area contributed by atoms with Gasteiger partial charge in [0.2, 0.25) is 41.4 Å². The molecule has 374 valence electrons. The van der Waals surface area contributed by atoms with Gasteiger partial charge in [-0.05, 0) is 39.2 Å². The number of nitrogens with two attached hydrogens (primary N) is 4. The predicted molar refractivity (Wildman–Crippen MR) is 239 cm³/mol. The molecule has 7 amide bonds. The van der Waals surface area contributed by atoms with E-state index in [2.05, 4.69) is 72.1 Å². The van der Waals surface area contributed by atoms with Gasteiger partial charge in [-0.25, -0.2) is 19.7 Å². The molecule has 0 fully saturated rings. The third-order valence-corrected chi connectivity index (χ3v) is 10.0. The number of carboxylic acids is 1. The molecule has 0 aliphatic heterocycles. The lowest BCUT2D eigenvalue weighted by molar-refractivity contribution is -0.144. The fraction of sp³-hybridized carbons (Fsp3) is 0.538. The van der Waals surface area contributed by atoms with Crippen molar-refractivity contribution >= 4 is 53.3 Å². The van der Waals surface area contributed by atoms with Crippen molar-refractivity contribution in [2.45, 2.75) is 107 Å². The van der Waals surface area contributed by atoms with Crippen LogP contribution in [-0.2, 0) is 57.6 Å². The predicted octanol–water partition coefficient (Wildman–Crippen LogP) is -7.12. The van der Waals surface area contributed by atoms with E-state index >= 15 is 0 Å². The summed E-state index contributed by atoms with van der Waals surface area (Å²) < 4.78 is 0. The number of aliphatic imine (C=N–C) groups is 1. The smallest absolute Gasteiger partial charge is 0.328 e. The number of imidazole rings is 3. The van der Waals surface area contributed by atoms with Crippen LogP contribution in [0.3, 0.4) is 0 Å². The SMILES string of the molecule is C[C@@H](O)[C@H](NC(=O)CNC(=O)[C@H](CCCN=C(N)N)NC(=O)[C@H](Cc1cnc[nH]1)NC(=O)[C@H](CO)NC(=O)[C@H](Cc1cnc[nH]1)NC(=O)[C@H](Cc1cnc[nH]1)NC(=O)[C@@H](N)CCCCN)C(=O)O. The number of carbonyl (C=O) groups excluding carboxylic acids is 7. The van der Waals surface area contributed by atoms with Crippen LogP contribution in [0.5, 0.6) is 0 Å². The number of aliphatic hydroxyl groups is 2. The van der Waals surface area contributed by atoms with E-state index in [0.29, 0.717) is 42.9 Å². The maximum Gasteiger partial charge on any atom is 0.328 e. The molecule has 21 N–H and O–H groups in total. The largest absolute Gasteiger partial charge is 0.480 e. The molecule has 3 rings (SSSR count). The summed E-state index contributed by atoms with van der Waals surface area (Å²) in [4.78, 5) is 130. The van der Waals surface area contributed by atoms with Crippen LogP contribution < -0.4 is 60.2 Å². The van der Waals surface area contributed by atoms with E-state index in [1.807, 2.05) is 0 Å². The number of aromatic amines is 3. The van der Waals surface area contributed by atoms with Crippen LogP contribution >= 0.6 is 0 Å². The molecule has 0 aliphatic rings. The van der Waals surface area contributed by atoms with Crippen molar-refractivity contribution in [1.29, 1.82) is 0 Å². The monoisotopic (exact) mass is 958 g/mol. The van der Waals surface area contributed by atoms with Gasteiger partial charge >= 0.3 is 5.97 Å². The highest BCUT2D eigenvalue weighted by Gasteiger charge is 2.34. The van der Waals surface area contributed by atoms with Gasteiger partial charge in [0.1, 0.15) is 30.2 Å². The Morgan fingerprint density at radius 3 is 1.51 bits per heavy atom. The third kappa shape index (κ3) is 19.1. The number of hydrogen-bond acceptors (Lipinski definition) is 16. The van der Waals surface area contributed by atoms with Crippen LogP contribution in [-0.4, -0.2) is 173 Å². The minimum Gasteiger partial charge on any atom is -0.480 e. The van der Waals surface area contributed by atoms with Crippen LogP contribution in [0.1, 0.15) is 56.1 Å². The van der Waals surface area contributed by atoms with Gasteiger partial charge in [-0.2, -0.15) is 0 Å². The van der Waals surface area contributed by atoms with Crippen LogP contribution in [0.2, 0.25) is 0 Å². The lowest BCUT2D eigenvalue weighted by atomic mass is 10.1. The topological polar surface area (TPSA) is 484 Å². The number of rotatable bonds is 31. The zero-order chi connectivity index (χ0) is 50.2. The van der Waals surface area contributed by atoms with Crippen LogP contribution in [0.4, 0.5) is 0 Å². The van der Waals surface area contributed by atoms with Crippen molar-refractivity contribution in [2.24, 2.45) is 27.9 Å². The van der Waals surface area contributed by atoms with Crippen molar-refractivity contribution < 1.29 is 53.7 Å². The molecule has 29 heteroatoms. The number of carbonyl (C=O) groups is 8. The highest BCUT2D eigenvalue weighted by molar-refractivity contribution is 5.97. The lowest BCUT2D eigenvalue weighted by Gasteiger charge is -2.26. The third-order valence-electron chi connectivity index (χ3n) is 10.0. The number of carboxylic acid groups (broad SMARTS) is 1. The summed E-state index contributed by atoms with van der Waals surface area (Å²) >= 11 is 0. The first-order valence-corrected chi connectivity index (χ1v) is 21.5. The Hall–Kier alpha value is -7.50. The molecule has 0 saturated heterocycles. The molecule has 3 aromatic rings. The highest BCUT2D eigenvalue weighted by Crippen LogP contribution is 2.08. The second-order valence-corrected chi connectivity index (χ2v) is 15.5. The van der Waals surface area contributed by atoms with Gasteiger partial charge in [0.25, 0.3) is 0 Å². The fourth-order valence-electron chi connectivity index (χ4n) is 6.35. The van der Waals surface area contributed by atoms with Crippen molar-refractivity contribution in [2.75, 3.05) is 26.2 Å². The van der Waals surface area contributed by atoms with Gasteiger partial charge in [0, 0.05) is 61.5 Å². The number of guanidine groups is 1. The van der Waals surface area contributed by atoms with Gasteiger partial charge in [-0.3, -0.25) is 38.6 Å². The first kappa shape index (κ1) is 54.8. The summed E-state index contributed by atoms with van der Waals surface area (Å²) in [5.74, 6) is -8.08. The zero-order valence-corrected chi connectivity index (χ0v) is 37.3. The molecule has 0 saturated carbocycles. The number of nitrogens with zero attached hydrogens (tertiary/aromatic N) is 4.